The molecule has 1 heteroatoms. The lowest BCUT2D eigenvalue weighted by atomic mass is 10.1. The van der Waals surface area contributed by atoms with Crippen molar-refractivity contribution in [3.05, 3.63) is 47.7 Å². The maximum atomic E-state index is 2.49. The molecule has 1 aromatic carbocycles. The van der Waals surface area contributed by atoms with Crippen molar-refractivity contribution in [3.8, 4) is 0 Å². The molecule has 2 rings (SSSR count). The summed E-state index contributed by atoms with van der Waals surface area (Å²) in [6.45, 7) is 7.18. The van der Waals surface area contributed by atoms with E-state index >= 15 is 0 Å². The van der Waals surface area contributed by atoms with E-state index in [1.54, 1.807) is 0 Å². The summed E-state index contributed by atoms with van der Waals surface area (Å²) in [6, 6.07) is 10.9. The fourth-order valence-electron chi connectivity index (χ4n) is 1.92. The molecule has 0 amide bonds. The molecule has 1 fully saturated rings. The average molecular weight is 216 g/mol. The van der Waals surface area contributed by atoms with Crippen molar-refractivity contribution in [2.45, 2.75) is 32.0 Å². The summed E-state index contributed by atoms with van der Waals surface area (Å²) in [5.41, 5.74) is 4.00. The molecule has 1 aromatic rings. The second kappa shape index (κ2) is 3.97. The van der Waals surface area contributed by atoms with Crippen molar-refractivity contribution in [1.29, 1.82) is 0 Å². The molecule has 0 saturated heterocycles. The fraction of sp³-hybridized carbons (Fsp3) is 0.429. The first-order valence-electron chi connectivity index (χ1n) is 5.80. The molecule has 1 aliphatic carbocycles. The molecule has 2 atom stereocenters. The van der Waals surface area contributed by atoms with Crippen molar-refractivity contribution < 1.29 is 0 Å². The van der Waals surface area contributed by atoms with Gasteiger partial charge in [-0.2, -0.15) is 0 Å². The molecule has 0 spiro atoms. The Morgan fingerprint density at radius 2 is 1.80 bits per heavy atom. The number of hydrogen-bond acceptors (Lipinski definition) is 0. The molecule has 80 valence electrons. The summed E-state index contributed by atoms with van der Waals surface area (Å²) in [4.78, 5) is 0. The third-order valence-corrected chi connectivity index (χ3v) is 4.10. The van der Waals surface area contributed by atoms with E-state index in [9.17, 15) is 0 Å². The molecular formula is C14H20Si. The topological polar surface area (TPSA) is 0 Å². The molecule has 0 N–H and O–H groups in total. The molecule has 0 nitrogen and oxygen atoms in total. The Kier molecular flexibility index (Phi) is 2.83. The van der Waals surface area contributed by atoms with E-state index in [1.165, 1.54) is 12.0 Å². The van der Waals surface area contributed by atoms with Crippen molar-refractivity contribution >= 4 is 8.07 Å². The van der Waals surface area contributed by atoms with Crippen LogP contribution >= 0.6 is 0 Å². The summed E-state index contributed by atoms with van der Waals surface area (Å²) in [7, 11) is -0.991. The molecule has 0 aromatic heterocycles. The van der Waals surface area contributed by atoms with Gasteiger partial charge in [0.05, 0.1) is 8.07 Å². The molecule has 0 radical (unpaired) electrons. The Bertz CT molecular complexity index is 345. The van der Waals surface area contributed by atoms with Gasteiger partial charge in [0, 0.05) is 0 Å². The third kappa shape index (κ3) is 3.06. The summed E-state index contributed by atoms with van der Waals surface area (Å²) in [6.07, 6.45) is 3.81. The molecule has 0 heterocycles. The second-order valence-electron chi connectivity index (χ2n) is 5.64. The van der Waals surface area contributed by atoms with E-state index in [0.717, 1.165) is 11.8 Å². The zero-order valence-corrected chi connectivity index (χ0v) is 10.9. The molecular weight excluding hydrogens is 196 g/mol. The zero-order valence-electron chi connectivity index (χ0n) is 9.90. The van der Waals surface area contributed by atoms with Crippen LogP contribution in [0, 0.1) is 5.92 Å². The lowest BCUT2D eigenvalue weighted by Crippen LogP contribution is -2.15. The monoisotopic (exact) mass is 216 g/mol. The molecule has 1 aliphatic rings. The number of allylic oxidation sites excluding steroid dienone is 1. The van der Waals surface area contributed by atoms with Gasteiger partial charge in [-0.25, -0.2) is 0 Å². The summed E-state index contributed by atoms with van der Waals surface area (Å²) >= 11 is 0. The molecule has 1 saturated carbocycles. The second-order valence-corrected chi connectivity index (χ2v) is 10.7. The van der Waals surface area contributed by atoms with Crippen molar-refractivity contribution in [2.75, 3.05) is 0 Å². The van der Waals surface area contributed by atoms with Gasteiger partial charge in [-0.3, -0.25) is 0 Å². The van der Waals surface area contributed by atoms with Crippen LogP contribution in [0.2, 0.25) is 19.6 Å². The first-order chi connectivity index (χ1) is 7.06. The van der Waals surface area contributed by atoms with Crippen LogP contribution < -0.4 is 0 Å². The highest BCUT2D eigenvalue weighted by Gasteiger charge is 2.35. The molecule has 15 heavy (non-hydrogen) atoms. The van der Waals surface area contributed by atoms with Crippen LogP contribution in [0.25, 0.3) is 0 Å². The van der Waals surface area contributed by atoms with Crippen LogP contribution in [0.3, 0.4) is 0 Å². The SMILES string of the molecule is C[Si](C)(C)/C=C/C1CC1c1ccccc1. The van der Waals surface area contributed by atoms with Crippen LogP contribution in [0.1, 0.15) is 17.9 Å². The van der Waals surface area contributed by atoms with E-state index in [-0.39, 0.29) is 0 Å². The van der Waals surface area contributed by atoms with Crippen LogP contribution in [-0.4, -0.2) is 8.07 Å². The average Bonchev–Trinajstić information content (AvgIpc) is 2.94. The Hall–Kier alpha value is -0.823. The highest BCUT2D eigenvalue weighted by atomic mass is 28.3. The van der Waals surface area contributed by atoms with E-state index in [0.29, 0.717) is 0 Å². The first kappa shape index (κ1) is 10.7. The van der Waals surface area contributed by atoms with Crippen LogP contribution in [0.4, 0.5) is 0 Å². The normalized spacial score (nSPS) is 25.8. The van der Waals surface area contributed by atoms with E-state index in [4.69, 9.17) is 0 Å². The van der Waals surface area contributed by atoms with Gasteiger partial charge in [0.2, 0.25) is 0 Å². The lowest BCUT2D eigenvalue weighted by Gasteiger charge is -2.07. The van der Waals surface area contributed by atoms with E-state index in [2.05, 4.69) is 61.7 Å². The fourth-order valence-corrected chi connectivity index (χ4v) is 2.75. The van der Waals surface area contributed by atoms with Gasteiger partial charge in [0.25, 0.3) is 0 Å². The summed E-state index contributed by atoms with van der Waals surface area (Å²) < 4.78 is 0. The van der Waals surface area contributed by atoms with Gasteiger partial charge < -0.3 is 0 Å². The molecule has 0 aliphatic heterocycles. The molecule has 0 bridgehead atoms. The smallest absolute Gasteiger partial charge is 0.0682 e. The van der Waals surface area contributed by atoms with Crippen LogP contribution in [-0.2, 0) is 0 Å². The van der Waals surface area contributed by atoms with Crippen molar-refractivity contribution in [2.24, 2.45) is 5.92 Å². The largest absolute Gasteiger partial charge is 0.0986 e. The van der Waals surface area contributed by atoms with Gasteiger partial charge in [0.1, 0.15) is 0 Å². The van der Waals surface area contributed by atoms with Crippen molar-refractivity contribution in [3.63, 3.8) is 0 Å². The quantitative estimate of drug-likeness (QED) is 0.664. The van der Waals surface area contributed by atoms with Gasteiger partial charge in [0.15, 0.2) is 0 Å². The van der Waals surface area contributed by atoms with E-state index < -0.39 is 8.07 Å². The van der Waals surface area contributed by atoms with Crippen LogP contribution in [0.5, 0.6) is 0 Å². The minimum absolute atomic E-state index is 0.804. The lowest BCUT2D eigenvalue weighted by molar-refractivity contribution is 1.01. The third-order valence-electron chi connectivity index (χ3n) is 2.91. The first-order valence-corrected chi connectivity index (χ1v) is 9.38. The minimum atomic E-state index is -0.991. The minimum Gasteiger partial charge on any atom is -0.0986 e. The number of hydrogen-bond donors (Lipinski definition) is 0. The summed E-state index contributed by atoms with van der Waals surface area (Å²) in [5.74, 6) is 1.62. The van der Waals surface area contributed by atoms with Gasteiger partial charge in [-0.15, -0.1) is 0 Å². The zero-order chi connectivity index (χ0) is 10.9. The van der Waals surface area contributed by atoms with Gasteiger partial charge in [-0.05, 0) is 23.8 Å². The van der Waals surface area contributed by atoms with Crippen LogP contribution in [0.15, 0.2) is 42.1 Å². The van der Waals surface area contributed by atoms with Gasteiger partial charge >= 0.3 is 0 Å². The maximum Gasteiger partial charge on any atom is 0.0682 e. The predicted molar refractivity (Wildman–Crippen MR) is 69.8 cm³/mol. The highest BCUT2D eigenvalue weighted by molar-refractivity contribution is 6.80. The predicted octanol–water partition coefficient (Wildman–Crippen LogP) is 4.22. The maximum absolute atomic E-state index is 2.49. The van der Waals surface area contributed by atoms with E-state index in [1.807, 2.05) is 0 Å². The Morgan fingerprint density at radius 1 is 1.13 bits per heavy atom. The molecule has 2 unspecified atom stereocenters. The Labute approximate surface area is 94.0 Å². The Balaban J connectivity index is 1.95. The number of rotatable bonds is 3. The van der Waals surface area contributed by atoms with Gasteiger partial charge in [-0.1, -0.05) is 61.7 Å². The number of benzene rings is 1. The highest BCUT2D eigenvalue weighted by Crippen LogP contribution is 2.48. The van der Waals surface area contributed by atoms with Crippen molar-refractivity contribution in [1.82, 2.24) is 0 Å². The summed E-state index contributed by atoms with van der Waals surface area (Å²) in [5, 5.41) is 0. The standard InChI is InChI=1S/C14H20Si/c1-15(2,3)10-9-13-11-14(13)12-7-5-4-6-8-12/h4-10,13-14H,11H2,1-3H3/b10-9+. The Morgan fingerprint density at radius 3 is 2.40 bits per heavy atom.